The number of para-hydroxylation sites is 2. The van der Waals surface area contributed by atoms with Gasteiger partial charge in [-0.15, -0.1) is 0 Å². The Morgan fingerprint density at radius 3 is 2.80 bits per heavy atom. The summed E-state index contributed by atoms with van der Waals surface area (Å²) in [5, 5.41) is 0. The lowest BCUT2D eigenvalue weighted by Gasteiger charge is -2.32. The number of benzene rings is 1. The minimum atomic E-state index is 0.128. The largest absolute Gasteiger partial charge is 0.489 e. The van der Waals surface area contributed by atoms with Crippen LogP contribution in [-0.4, -0.2) is 44.5 Å². The Balaban J connectivity index is 1.33. The molecule has 0 N–H and O–H groups in total. The van der Waals surface area contributed by atoms with Crippen molar-refractivity contribution in [1.29, 1.82) is 0 Å². The van der Waals surface area contributed by atoms with E-state index in [2.05, 4.69) is 9.97 Å². The first-order valence-electron chi connectivity index (χ1n) is 8.54. The number of nitrogens with zero attached hydrogens (tertiary/aromatic N) is 4. The molecule has 0 aliphatic carbocycles. The van der Waals surface area contributed by atoms with Crippen molar-refractivity contribution in [2.24, 2.45) is 0 Å². The predicted octanol–water partition coefficient (Wildman–Crippen LogP) is 2.50. The van der Waals surface area contributed by atoms with Crippen molar-refractivity contribution in [2.45, 2.75) is 25.5 Å². The summed E-state index contributed by atoms with van der Waals surface area (Å²) in [6.07, 6.45) is 7.01. The van der Waals surface area contributed by atoms with Gasteiger partial charge in [0.1, 0.15) is 18.4 Å². The number of carbonyl (C=O) groups excluding carboxylic acids is 1. The third kappa shape index (κ3) is 3.47. The Kier molecular flexibility index (Phi) is 4.33. The van der Waals surface area contributed by atoms with Crippen LogP contribution in [0.1, 0.15) is 12.8 Å². The number of aromatic nitrogens is 3. The smallest absolute Gasteiger partial charge is 0.242 e. The molecule has 1 aliphatic heterocycles. The van der Waals surface area contributed by atoms with E-state index in [4.69, 9.17) is 4.74 Å². The van der Waals surface area contributed by atoms with Crippen LogP contribution in [-0.2, 0) is 11.3 Å². The summed E-state index contributed by atoms with van der Waals surface area (Å²) >= 11 is 0. The molecule has 4 rings (SSSR count). The van der Waals surface area contributed by atoms with E-state index in [0.717, 1.165) is 42.7 Å². The predicted molar refractivity (Wildman–Crippen MR) is 94.2 cm³/mol. The first-order valence-corrected chi connectivity index (χ1v) is 8.54. The molecule has 0 saturated carbocycles. The number of likely N-dealkylation sites (tertiary alicyclic amines) is 1. The van der Waals surface area contributed by atoms with Crippen LogP contribution in [0.25, 0.3) is 11.0 Å². The maximum atomic E-state index is 12.6. The molecule has 1 saturated heterocycles. The van der Waals surface area contributed by atoms with Crippen LogP contribution in [0.5, 0.6) is 5.75 Å². The fourth-order valence-electron chi connectivity index (χ4n) is 3.21. The summed E-state index contributed by atoms with van der Waals surface area (Å²) in [5.74, 6) is 0.917. The number of imidazole rings is 1. The zero-order chi connectivity index (χ0) is 17.1. The van der Waals surface area contributed by atoms with Gasteiger partial charge in [-0.2, -0.15) is 0 Å². The molecule has 0 atom stereocenters. The van der Waals surface area contributed by atoms with Gasteiger partial charge in [-0.25, -0.2) is 4.98 Å². The van der Waals surface area contributed by atoms with Crippen molar-refractivity contribution in [1.82, 2.24) is 19.4 Å². The molecule has 0 bridgehead atoms. The van der Waals surface area contributed by atoms with E-state index in [9.17, 15) is 4.79 Å². The summed E-state index contributed by atoms with van der Waals surface area (Å²) in [7, 11) is 0. The Bertz CT molecular complexity index is 854. The zero-order valence-electron chi connectivity index (χ0n) is 13.9. The van der Waals surface area contributed by atoms with E-state index in [1.54, 1.807) is 18.7 Å². The standard InChI is InChI=1S/C19H20N4O2/c24-19(13-23-14-21-17-5-1-2-6-18(17)23)22-10-7-15(8-11-22)25-16-4-3-9-20-12-16/h1-6,9,12,14-15H,7-8,10-11,13H2. The molecule has 1 fully saturated rings. The van der Waals surface area contributed by atoms with Gasteiger partial charge in [-0.1, -0.05) is 12.1 Å². The number of ether oxygens (including phenoxy) is 1. The normalized spacial score (nSPS) is 15.4. The van der Waals surface area contributed by atoms with Gasteiger partial charge in [0.05, 0.1) is 23.6 Å². The fourth-order valence-corrected chi connectivity index (χ4v) is 3.21. The van der Waals surface area contributed by atoms with E-state index >= 15 is 0 Å². The lowest BCUT2D eigenvalue weighted by molar-refractivity contribution is -0.133. The monoisotopic (exact) mass is 336 g/mol. The highest BCUT2D eigenvalue weighted by atomic mass is 16.5. The van der Waals surface area contributed by atoms with E-state index in [1.807, 2.05) is 45.9 Å². The lowest BCUT2D eigenvalue weighted by Crippen LogP contribution is -2.43. The van der Waals surface area contributed by atoms with Crippen LogP contribution in [0.2, 0.25) is 0 Å². The molecule has 128 valence electrons. The number of pyridine rings is 1. The minimum absolute atomic E-state index is 0.128. The molecule has 0 spiro atoms. The van der Waals surface area contributed by atoms with Crippen molar-refractivity contribution in [3.63, 3.8) is 0 Å². The fraction of sp³-hybridized carbons (Fsp3) is 0.316. The number of hydrogen-bond donors (Lipinski definition) is 0. The molecular weight excluding hydrogens is 316 g/mol. The molecule has 3 aromatic rings. The second-order valence-corrected chi connectivity index (χ2v) is 6.25. The molecule has 6 heteroatoms. The van der Waals surface area contributed by atoms with Crippen LogP contribution in [0.3, 0.4) is 0 Å². The van der Waals surface area contributed by atoms with Crippen LogP contribution in [0.15, 0.2) is 55.1 Å². The van der Waals surface area contributed by atoms with Gasteiger partial charge in [0.15, 0.2) is 0 Å². The Labute approximate surface area is 146 Å². The van der Waals surface area contributed by atoms with E-state index in [1.165, 1.54) is 0 Å². The Morgan fingerprint density at radius 2 is 2.00 bits per heavy atom. The molecule has 1 aromatic carbocycles. The molecule has 0 radical (unpaired) electrons. The van der Waals surface area contributed by atoms with Crippen LogP contribution in [0.4, 0.5) is 0 Å². The molecule has 6 nitrogen and oxygen atoms in total. The lowest BCUT2D eigenvalue weighted by atomic mass is 10.1. The van der Waals surface area contributed by atoms with Gasteiger partial charge >= 0.3 is 0 Å². The number of fused-ring (bicyclic) bond motifs is 1. The quantitative estimate of drug-likeness (QED) is 0.734. The second-order valence-electron chi connectivity index (χ2n) is 6.25. The van der Waals surface area contributed by atoms with E-state index in [0.29, 0.717) is 6.54 Å². The molecule has 3 heterocycles. The molecule has 25 heavy (non-hydrogen) atoms. The molecule has 1 amide bonds. The summed E-state index contributed by atoms with van der Waals surface area (Å²) in [6, 6.07) is 11.6. The van der Waals surface area contributed by atoms with Crippen molar-refractivity contribution in [3.05, 3.63) is 55.1 Å². The summed E-state index contributed by atoms with van der Waals surface area (Å²) in [4.78, 5) is 22.9. The maximum Gasteiger partial charge on any atom is 0.242 e. The Morgan fingerprint density at radius 1 is 1.16 bits per heavy atom. The Hall–Kier alpha value is -2.89. The molecular formula is C19H20N4O2. The van der Waals surface area contributed by atoms with Crippen LogP contribution < -0.4 is 4.74 Å². The summed E-state index contributed by atoms with van der Waals surface area (Å²) in [6.45, 7) is 1.77. The molecule has 2 aromatic heterocycles. The number of hydrogen-bond acceptors (Lipinski definition) is 4. The first-order chi connectivity index (χ1) is 12.3. The zero-order valence-corrected chi connectivity index (χ0v) is 13.9. The third-order valence-electron chi connectivity index (χ3n) is 4.56. The van der Waals surface area contributed by atoms with E-state index in [-0.39, 0.29) is 12.0 Å². The number of piperidine rings is 1. The summed E-state index contributed by atoms with van der Waals surface area (Å²) in [5.41, 5.74) is 1.91. The van der Waals surface area contributed by atoms with Crippen molar-refractivity contribution in [3.8, 4) is 5.75 Å². The summed E-state index contributed by atoms with van der Waals surface area (Å²) < 4.78 is 7.84. The molecule has 1 aliphatic rings. The highest BCUT2D eigenvalue weighted by Gasteiger charge is 2.24. The van der Waals surface area contributed by atoms with Crippen LogP contribution in [0, 0.1) is 0 Å². The average Bonchev–Trinajstić information content (AvgIpc) is 3.06. The van der Waals surface area contributed by atoms with Gasteiger partial charge in [0.25, 0.3) is 0 Å². The highest BCUT2D eigenvalue weighted by Crippen LogP contribution is 2.19. The van der Waals surface area contributed by atoms with Crippen molar-refractivity contribution in [2.75, 3.05) is 13.1 Å². The maximum absolute atomic E-state index is 12.6. The minimum Gasteiger partial charge on any atom is -0.489 e. The third-order valence-corrected chi connectivity index (χ3v) is 4.56. The number of rotatable bonds is 4. The van der Waals surface area contributed by atoms with Gasteiger partial charge in [0.2, 0.25) is 5.91 Å². The number of carbonyl (C=O) groups is 1. The number of amides is 1. The topological polar surface area (TPSA) is 60.2 Å². The SMILES string of the molecule is O=C(Cn1cnc2ccccc21)N1CCC(Oc2cccnc2)CC1. The highest BCUT2D eigenvalue weighted by molar-refractivity contribution is 5.80. The molecule has 0 unspecified atom stereocenters. The van der Waals surface area contributed by atoms with Gasteiger partial charge in [0, 0.05) is 32.1 Å². The second kappa shape index (κ2) is 6.93. The van der Waals surface area contributed by atoms with Gasteiger partial charge in [-0.05, 0) is 24.3 Å². The first kappa shape index (κ1) is 15.6. The average molecular weight is 336 g/mol. The van der Waals surface area contributed by atoms with E-state index < -0.39 is 0 Å². The van der Waals surface area contributed by atoms with Crippen molar-refractivity contribution >= 4 is 16.9 Å². The van der Waals surface area contributed by atoms with Gasteiger partial charge in [-0.3, -0.25) is 9.78 Å². The van der Waals surface area contributed by atoms with Crippen LogP contribution >= 0.6 is 0 Å². The van der Waals surface area contributed by atoms with Crippen molar-refractivity contribution < 1.29 is 9.53 Å². The van der Waals surface area contributed by atoms with Gasteiger partial charge < -0.3 is 14.2 Å².